The molecule has 1 atom stereocenters. The van der Waals surface area contributed by atoms with Crippen molar-refractivity contribution < 1.29 is 9.47 Å². The van der Waals surface area contributed by atoms with Gasteiger partial charge < -0.3 is 9.47 Å². The first-order chi connectivity index (χ1) is 9.13. The Kier molecular flexibility index (Phi) is 5.55. The van der Waals surface area contributed by atoms with Crippen LogP contribution in [0.1, 0.15) is 36.6 Å². The van der Waals surface area contributed by atoms with E-state index in [9.17, 15) is 0 Å². The van der Waals surface area contributed by atoms with Crippen LogP contribution in [0.2, 0.25) is 5.02 Å². The minimum Gasteiger partial charge on any atom is -0.497 e. The fourth-order valence-corrected chi connectivity index (χ4v) is 3.91. The van der Waals surface area contributed by atoms with Gasteiger partial charge in [-0.2, -0.15) is 0 Å². The van der Waals surface area contributed by atoms with Crippen molar-refractivity contribution in [3.8, 4) is 5.75 Å². The van der Waals surface area contributed by atoms with Crippen LogP contribution in [0.15, 0.2) is 18.2 Å². The predicted octanol–water partition coefficient (Wildman–Crippen LogP) is 4.99. The summed E-state index contributed by atoms with van der Waals surface area (Å²) in [4.78, 5) is 0.304. The fourth-order valence-electron chi connectivity index (χ4n) is 2.55. The van der Waals surface area contributed by atoms with Crippen molar-refractivity contribution in [2.24, 2.45) is 5.92 Å². The molecule has 2 rings (SSSR count). The zero-order valence-corrected chi connectivity index (χ0v) is 13.7. The van der Waals surface area contributed by atoms with Gasteiger partial charge in [-0.15, -0.1) is 0 Å². The first kappa shape index (κ1) is 15.1. The van der Waals surface area contributed by atoms with Gasteiger partial charge in [-0.3, -0.25) is 0 Å². The van der Waals surface area contributed by atoms with Crippen LogP contribution in [0.5, 0.6) is 5.75 Å². The second-order valence-corrected chi connectivity index (χ2v) is 6.52. The van der Waals surface area contributed by atoms with E-state index in [4.69, 9.17) is 21.1 Å². The maximum atomic E-state index is 6.29. The zero-order chi connectivity index (χ0) is 13.8. The van der Waals surface area contributed by atoms with Crippen LogP contribution >= 0.6 is 27.5 Å². The Morgan fingerprint density at radius 3 is 2.74 bits per heavy atom. The molecule has 1 saturated carbocycles. The second kappa shape index (κ2) is 6.96. The molecule has 1 unspecified atom stereocenters. The maximum Gasteiger partial charge on any atom is 0.120 e. The number of hydrogen-bond donors (Lipinski definition) is 0. The average molecular weight is 348 g/mol. The largest absolute Gasteiger partial charge is 0.497 e. The molecule has 1 aromatic rings. The minimum atomic E-state index is 0.304. The topological polar surface area (TPSA) is 18.5 Å². The summed E-state index contributed by atoms with van der Waals surface area (Å²) in [6.45, 7) is 2.87. The van der Waals surface area contributed by atoms with Crippen LogP contribution < -0.4 is 4.74 Å². The van der Waals surface area contributed by atoms with Crippen LogP contribution in [0, 0.1) is 5.92 Å². The van der Waals surface area contributed by atoms with Crippen LogP contribution in [-0.2, 0) is 4.74 Å². The van der Waals surface area contributed by atoms with Crippen molar-refractivity contribution in [2.75, 3.05) is 13.7 Å². The van der Waals surface area contributed by atoms with Crippen molar-refractivity contribution >= 4 is 27.5 Å². The first-order valence-corrected chi connectivity index (χ1v) is 8.02. The Bertz CT molecular complexity index is 419. The number of methoxy groups -OCH3 is 1. The van der Waals surface area contributed by atoms with Crippen LogP contribution in [-0.4, -0.2) is 19.8 Å². The molecule has 0 bridgehead atoms. The molecule has 19 heavy (non-hydrogen) atoms. The molecule has 0 amide bonds. The zero-order valence-electron chi connectivity index (χ0n) is 11.4. The highest BCUT2D eigenvalue weighted by Gasteiger charge is 2.31. The Labute approximate surface area is 128 Å². The molecule has 1 aromatic carbocycles. The van der Waals surface area contributed by atoms with Crippen LogP contribution in [0.3, 0.4) is 0 Å². The first-order valence-electron chi connectivity index (χ1n) is 6.73. The molecule has 0 spiro atoms. The monoisotopic (exact) mass is 346 g/mol. The molecule has 1 aliphatic carbocycles. The summed E-state index contributed by atoms with van der Waals surface area (Å²) in [7, 11) is 1.65. The Morgan fingerprint density at radius 1 is 1.42 bits per heavy atom. The number of benzene rings is 1. The standard InChI is InChI=1S/C15H20BrClO2/c1-3-19-12-6-10(7-12)8-14(16)13-5-4-11(18-2)9-15(13)17/h4-5,9-10,12,14H,3,6-8H2,1-2H3. The quantitative estimate of drug-likeness (QED) is 0.675. The summed E-state index contributed by atoms with van der Waals surface area (Å²) in [5, 5.41) is 0.766. The highest BCUT2D eigenvalue weighted by Crippen LogP contribution is 2.42. The molecule has 0 aliphatic heterocycles. The second-order valence-electron chi connectivity index (χ2n) is 5.01. The van der Waals surface area contributed by atoms with E-state index in [0.717, 1.165) is 35.3 Å². The predicted molar refractivity (Wildman–Crippen MR) is 82.4 cm³/mol. The molecule has 0 N–H and O–H groups in total. The van der Waals surface area contributed by atoms with Crippen molar-refractivity contribution in [1.82, 2.24) is 0 Å². The van der Waals surface area contributed by atoms with E-state index < -0.39 is 0 Å². The number of hydrogen-bond acceptors (Lipinski definition) is 2. The summed E-state index contributed by atoms with van der Waals surface area (Å²) < 4.78 is 10.8. The third-order valence-corrected chi connectivity index (χ3v) is 4.87. The fraction of sp³-hybridized carbons (Fsp3) is 0.600. The number of ether oxygens (including phenoxy) is 2. The number of halogens is 2. The van der Waals surface area contributed by atoms with Gasteiger partial charge in [0, 0.05) is 16.5 Å². The normalized spacial score (nSPS) is 23.8. The van der Waals surface area contributed by atoms with E-state index in [1.54, 1.807) is 7.11 Å². The van der Waals surface area contributed by atoms with Gasteiger partial charge >= 0.3 is 0 Å². The summed E-state index contributed by atoms with van der Waals surface area (Å²) >= 11 is 10.0. The minimum absolute atomic E-state index is 0.304. The number of alkyl halides is 1. The Morgan fingerprint density at radius 2 is 2.16 bits per heavy atom. The molecular weight excluding hydrogens is 328 g/mol. The third-order valence-electron chi connectivity index (χ3n) is 3.68. The molecule has 106 valence electrons. The molecule has 1 fully saturated rings. The molecule has 1 aliphatic rings. The van der Waals surface area contributed by atoms with E-state index in [2.05, 4.69) is 22.9 Å². The highest BCUT2D eigenvalue weighted by molar-refractivity contribution is 9.09. The highest BCUT2D eigenvalue weighted by atomic mass is 79.9. The van der Waals surface area contributed by atoms with Gasteiger partial charge in [-0.05, 0) is 49.8 Å². The van der Waals surface area contributed by atoms with Gasteiger partial charge in [0.05, 0.1) is 13.2 Å². The number of rotatable bonds is 6. The summed E-state index contributed by atoms with van der Waals surface area (Å²) in [6, 6.07) is 5.87. The summed E-state index contributed by atoms with van der Waals surface area (Å²) in [5.74, 6) is 1.53. The maximum absolute atomic E-state index is 6.29. The van der Waals surface area contributed by atoms with Crippen molar-refractivity contribution in [2.45, 2.75) is 37.1 Å². The lowest BCUT2D eigenvalue weighted by atomic mass is 9.78. The molecule has 4 heteroatoms. The van der Waals surface area contributed by atoms with Gasteiger partial charge in [0.2, 0.25) is 0 Å². The average Bonchev–Trinajstić information content (AvgIpc) is 2.35. The molecule has 2 nitrogen and oxygen atoms in total. The van der Waals surface area contributed by atoms with Crippen molar-refractivity contribution in [1.29, 1.82) is 0 Å². The van der Waals surface area contributed by atoms with E-state index in [-0.39, 0.29) is 0 Å². The lowest BCUT2D eigenvalue weighted by Gasteiger charge is -2.36. The van der Waals surface area contributed by atoms with Gasteiger partial charge in [-0.25, -0.2) is 0 Å². The van der Waals surface area contributed by atoms with Crippen LogP contribution in [0.25, 0.3) is 0 Å². The van der Waals surface area contributed by atoms with E-state index in [1.807, 2.05) is 18.2 Å². The lowest BCUT2D eigenvalue weighted by Crippen LogP contribution is -2.31. The van der Waals surface area contributed by atoms with E-state index >= 15 is 0 Å². The Balaban J connectivity index is 1.88. The van der Waals surface area contributed by atoms with E-state index in [1.165, 1.54) is 12.8 Å². The summed E-state index contributed by atoms with van der Waals surface area (Å²) in [6.07, 6.45) is 3.92. The van der Waals surface area contributed by atoms with Gasteiger partial charge in [-0.1, -0.05) is 33.6 Å². The van der Waals surface area contributed by atoms with E-state index in [0.29, 0.717) is 10.9 Å². The smallest absolute Gasteiger partial charge is 0.120 e. The lowest BCUT2D eigenvalue weighted by molar-refractivity contribution is -0.0264. The molecule has 0 aromatic heterocycles. The SMILES string of the molecule is CCOC1CC(CC(Br)c2ccc(OC)cc2Cl)C1. The molecular formula is C15H20BrClO2. The van der Waals surface area contributed by atoms with Crippen molar-refractivity contribution in [3.05, 3.63) is 28.8 Å². The van der Waals surface area contributed by atoms with Crippen molar-refractivity contribution in [3.63, 3.8) is 0 Å². The van der Waals surface area contributed by atoms with Gasteiger partial charge in [0.15, 0.2) is 0 Å². The Hall–Kier alpha value is -0.250. The van der Waals surface area contributed by atoms with Gasteiger partial charge in [0.1, 0.15) is 5.75 Å². The summed E-state index contributed by atoms with van der Waals surface area (Å²) in [5.41, 5.74) is 1.14. The molecule has 0 heterocycles. The third kappa shape index (κ3) is 3.87. The van der Waals surface area contributed by atoms with Gasteiger partial charge in [0.25, 0.3) is 0 Å². The van der Waals surface area contributed by atoms with Crippen LogP contribution in [0.4, 0.5) is 0 Å². The molecule has 0 radical (unpaired) electrons. The molecule has 0 saturated heterocycles.